The van der Waals surface area contributed by atoms with Crippen LogP contribution in [0.5, 0.6) is 5.75 Å². The van der Waals surface area contributed by atoms with E-state index in [-0.39, 0.29) is 12.6 Å². The molecule has 0 saturated heterocycles. The average molecular weight is 422 g/mol. The quantitative estimate of drug-likeness (QED) is 0.698. The summed E-state index contributed by atoms with van der Waals surface area (Å²) in [5.74, 6) is -0.717. The minimum atomic E-state index is -3.37. The van der Waals surface area contributed by atoms with Crippen LogP contribution in [-0.4, -0.2) is 19.7 Å². The molecule has 4 nitrogen and oxygen atoms in total. The third kappa shape index (κ3) is 5.64. The molecule has 0 amide bonds. The van der Waals surface area contributed by atoms with Gasteiger partial charge in [-0.25, -0.2) is 21.9 Å². The summed E-state index contributed by atoms with van der Waals surface area (Å²) >= 11 is 0. The van der Waals surface area contributed by atoms with Gasteiger partial charge in [0.2, 0.25) is 10.0 Å². The van der Waals surface area contributed by atoms with Gasteiger partial charge in [0.1, 0.15) is 24.0 Å². The Morgan fingerprint density at radius 1 is 1.10 bits per heavy atom. The second-order valence-electron chi connectivity index (χ2n) is 7.45. The molecule has 0 heterocycles. The average Bonchev–Trinajstić information content (AvgIpc) is 2.66. The lowest BCUT2D eigenvalue weighted by Crippen LogP contribution is -2.40. The van der Waals surface area contributed by atoms with Gasteiger partial charge in [0.25, 0.3) is 0 Å². The van der Waals surface area contributed by atoms with Crippen LogP contribution in [0.25, 0.3) is 5.57 Å². The number of benzene rings is 2. The van der Waals surface area contributed by atoms with E-state index in [0.29, 0.717) is 11.3 Å². The van der Waals surface area contributed by atoms with E-state index in [1.54, 1.807) is 26.0 Å². The van der Waals surface area contributed by atoms with Gasteiger partial charge < -0.3 is 4.74 Å². The Balaban J connectivity index is 1.70. The summed E-state index contributed by atoms with van der Waals surface area (Å²) in [6.07, 6.45) is 4.66. The summed E-state index contributed by atoms with van der Waals surface area (Å²) in [5.41, 5.74) is 2.29. The Morgan fingerprint density at radius 3 is 2.38 bits per heavy atom. The van der Waals surface area contributed by atoms with Gasteiger partial charge in [0.15, 0.2) is 0 Å². The van der Waals surface area contributed by atoms with Crippen molar-refractivity contribution in [1.82, 2.24) is 4.72 Å². The number of hydrogen-bond acceptors (Lipinski definition) is 3. The third-order valence-corrected chi connectivity index (χ3v) is 6.73. The van der Waals surface area contributed by atoms with E-state index in [4.69, 9.17) is 4.74 Å². The maximum Gasteiger partial charge on any atom is 0.214 e. The highest BCUT2D eigenvalue weighted by molar-refractivity contribution is 7.90. The second kappa shape index (κ2) is 9.05. The Bertz CT molecular complexity index is 965. The van der Waals surface area contributed by atoms with Gasteiger partial charge in [0, 0.05) is 12.1 Å². The minimum absolute atomic E-state index is 0.0491. The van der Waals surface area contributed by atoms with Gasteiger partial charge in [-0.05, 0) is 74.1 Å². The molecule has 0 aliphatic heterocycles. The molecule has 2 aromatic carbocycles. The monoisotopic (exact) mass is 421 g/mol. The van der Waals surface area contributed by atoms with E-state index < -0.39 is 26.9 Å². The van der Waals surface area contributed by atoms with Crippen molar-refractivity contribution in [2.45, 2.75) is 51.0 Å². The lowest BCUT2D eigenvalue weighted by atomic mass is 9.90. The lowest BCUT2D eigenvalue weighted by Gasteiger charge is -2.26. The van der Waals surface area contributed by atoms with Crippen LogP contribution in [0.3, 0.4) is 0 Å². The standard InChI is InChI=1S/C22H25F2NO3S/c1-15(2)29(26,27)25-22-6-4-3-5-21(22)17-7-9-20(10-8-17)28-14-16-11-18(23)13-19(24)12-16/h5,7-13,15,22,25H,3-4,6,14H2,1-2H3. The highest BCUT2D eigenvalue weighted by Gasteiger charge is 2.26. The van der Waals surface area contributed by atoms with Crippen molar-refractivity contribution in [3.8, 4) is 5.75 Å². The van der Waals surface area contributed by atoms with Crippen LogP contribution in [0, 0.1) is 11.6 Å². The summed E-state index contributed by atoms with van der Waals surface area (Å²) < 4.78 is 59.5. The minimum Gasteiger partial charge on any atom is -0.489 e. The fourth-order valence-corrected chi connectivity index (χ4v) is 4.17. The number of nitrogens with one attached hydrogen (secondary N) is 1. The second-order valence-corrected chi connectivity index (χ2v) is 9.71. The molecule has 1 N–H and O–H groups in total. The Hall–Kier alpha value is -2.25. The van der Waals surface area contributed by atoms with Crippen LogP contribution in [0.15, 0.2) is 48.5 Å². The fourth-order valence-electron chi connectivity index (χ4n) is 3.26. The first kappa shape index (κ1) is 21.5. The molecular weight excluding hydrogens is 396 g/mol. The van der Waals surface area contributed by atoms with Gasteiger partial charge in [0.05, 0.1) is 5.25 Å². The molecule has 0 fully saturated rings. The van der Waals surface area contributed by atoms with Crippen molar-refractivity contribution in [2.24, 2.45) is 0 Å². The molecule has 0 saturated carbocycles. The molecule has 2 aromatic rings. The number of halogens is 2. The van der Waals surface area contributed by atoms with Gasteiger partial charge in [-0.3, -0.25) is 0 Å². The molecule has 0 bridgehead atoms. The highest BCUT2D eigenvalue weighted by Crippen LogP contribution is 2.29. The van der Waals surface area contributed by atoms with Gasteiger partial charge in [-0.1, -0.05) is 18.2 Å². The fraction of sp³-hybridized carbons (Fsp3) is 0.364. The van der Waals surface area contributed by atoms with Crippen LogP contribution < -0.4 is 9.46 Å². The first-order valence-corrected chi connectivity index (χ1v) is 11.2. The first-order valence-electron chi connectivity index (χ1n) is 9.64. The maximum absolute atomic E-state index is 13.3. The summed E-state index contributed by atoms with van der Waals surface area (Å²) in [6, 6.07) is 10.3. The molecule has 29 heavy (non-hydrogen) atoms. The van der Waals surface area contributed by atoms with E-state index in [2.05, 4.69) is 10.8 Å². The molecule has 7 heteroatoms. The van der Waals surface area contributed by atoms with E-state index in [1.807, 2.05) is 12.1 Å². The van der Waals surface area contributed by atoms with Gasteiger partial charge in [-0.15, -0.1) is 0 Å². The predicted octanol–water partition coefficient (Wildman–Crippen LogP) is 4.81. The zero-order valence-corrected chi connectivity index (χ0v) is 17.3. The largest absolute Gasteiger partial charge is 0.489 e. The summed E-state index contributed by atoms with van der Waals surface area (Å²) in [6.45, 7) is 3.36. The van der Waals surface area contributed by atoms with Crippen LogP contribution >= 0.6 is 0 Å². The number of hydrogen-bond donors (Lipinski definition) is 1. The van der Waals surface area contributed by atoms with Crippen molar-refractivity contribution < 1.29 is 21.9 Å². The molecule has 1 unspecified atom stereocenters. The predicted molar refractivity (Wildman–Crippen MR) is 110 cm³/mol. The van der Waals surface area contributed by atoms with Crippen molar-refractivity contribution in [1.29, 1.82) is 0 Å². The summed E-state index contributed by atoms with van der Waals surface area (Å²) in [4.78, 5) is 0. The van der Waals surface area contributed by atoms with E-state index in [0.717, 1.165) is 36.5 Å². The molecular formula is C22H25F2NO3S. The van der Waals surface area contributed by atoms with Gasteiger partial charge >= 0.3 is 0 Å². The normalized spacial score (nSPS) is 17.3. The van der Waals surface area contributed by atoms with Crippen LogP contribution in [-0.2, 0) is 16.6 Å². The van der Waals surface area contributed by atoms with Crippen molar-refractivity contribution in [2.75, 3.05) is 0 Å². The Kier molecular flexibility index (Phi) is 6.70. The van der Waals surface area contributed by atoms with Crippen LogP contribution in [0.2, 0.25) is 0 Å². The van der Waals surface area contributed by atoms with Crippen molar-refractivity contribution >= 4 is 15.6 Å². The number of allylic oxidation sites excluding steroid dienone is 1. The summed E-state index contributed by atoms with van der Waals surface area (Å²) in [7, 11) is -3.37. The molecule has 0 radical (unpaired) electrons. The van der Waals surface area contributed by atoms with Crippen LogP contribution in [0.4, 0.5) is 8.78 Å². The molecule has 3 rings (SSSR count). The highest BCUT2D eigenvalue weighted by atomic mass is 32.2. The first-order chi connectivity index (χ1) is 13.7. The molecule has 1 aliphatic rings. The maximum atomic E-state index is 13.3. The Labute approximate surface area is 170 Å². The van der Waals surface area contributed by atoms with Crippen molar-refractivity contribution in [3.63, 3.8) is 0 Å². The van der Waals surface area contributed by atoms with Gasteiger partial charge in [-0.2, -0.15) is 0 Å². The molecule has 1 atom stereocenters. The number of ether oxygens (including phenoxy) is 1. The van der Waals surface area contributed by atoms with E-state index in [1.165, 1.54) is 12.1 Å². The topological polar surface area (TPSA) is 55.4 Å². The third-order valence-electron chi connectivity index (χ3n) is 4.88. The van der Waals surface area contributed by atoms with Crippen LogP contribution in [0.1, 0.15) is 44.2 Å². The zero-order valence-electron chi connectivity index (χ0n) is 16.5. The van der Waals surface area contributed by atoms with Crippen molar-refractivity contribution in [3.05, 3.63) is 71.3 Å². The Morgan fingerprint density at radius 2 is 1.76 bits per heavy atom. The van der Waals surface area contributed by atoms with E-state index in [9.17, 15) is 17.2 Å². The lowest BCUT2D eigenvalue weighted by molar-refractivity contribution is 0.305. The van der Waals surface area contributed by atoms with E-state index >= 15 is 0 Å². The molecule has 156 valence electrons. The number of sulfonamides is 1. The summed E-state index contributed by atoms with van der Waals surface area (Å²) in [5, 5.41) is -0.492. The smallest absolute Gasteiger partial charge is 0.214 e. The zero-order chi connectivity index (χ0) is 21.0. The molecule has 1 aliphatic carbocycles. The SMILES string of the molecule is CC(C)S(=O)(=O)NC1CCCC=C1c1ccc(OCc2cc(F)cc(F)c2)cc1. The number of rotatable bonds is 7. The molecule has 0 spiro atoms. The molecule has 0 aromatic heterocycles.